The summed E-state index contributed by atoms with van der Waals surface area (Å²) in [6.45, 7) is 8.76. The van der Waals surface area contributed by atoms with Crippen molar-refractivity contribution in [2.75, 3.05) is 4.90 Å². The summed E-state index contributed by atoms with van der Waals surface area (Å²) in [5, 5.41) is 9.44. The fourth-order valence-corrected chi connectivity index (χ4v) is 3.79. The molecule has 0 saturated heterocycles. The average Bonchev–Trinajstić information content (AvgIpc) is 3.34. The topological polar surface area (TPSA) is 81.5 Å². The molecule has 0 atom stereocenters. The van der Waals surface area contributed by atoms with E-state index in [1.165, 1.54) is 5.56 Å². The van der Waals surface area contributed by atoms with Gasteiger partial charge in [0, 0.05) is 35.8 Å². The molecule has 1 N–H and O–H groups in total. The zero-order valence-electron chi connectivity index (χ0n) is 16.8. The molecule has 6 nitrogen and oxygen atoms in total. The molecule has 1 aromatic carbocycles. The first-order chi connectivity index (χ1) is 14.5. The standard InChI is InChI=1S/C24H20N6/c1-15-18-7-5-4-6-17(18)13-30(15)20-12-28-23-22(20)29-19(11-27-23)16-8-9-26-21(10-16)24(2,3)14-25/h4-12H,1,13H2,2-3H3,(H,27,28). The molecule has 6 heteroatoms. The Balaban J connectivity index is 1.58. The van der Waals surface area contributed by atoms with E-state index in [1.807, 2.05) is 44.3 Å². The predicted molar refractivity (Wildman–Crippen MR) is 117 cm³/mol. The number of pyridine rings is 1. The lowest BCUT2D eigenvalue weighted by molar-refractivity contribution is 0.660. The zero-order valence-corrected chi connectivity index (χ0v) is 16.8. The number of rotatable bonds is 3. The van der Waals surface area contributed by atoms with Gasteiger partial charge in [-0.2, -0.15) is 5.26 Å². The molecule has 0 bridgehead atoms. The quantitative estimate of drug-likeness (QED) is 0.541. The van der Waals surface area contributed by atoms with Gasteiger partial charge in [-0.3, -0.25) is 4.98 Å². The molecule has 0 unspecified atom stereocenters. The predicted octanol–water partition coefficient (Wildman–Crippen LogP) is 4.81. The Morgan fingerprint density at radius 2 is 2.03 bits per heavy atom. The van der Waals surface area contributed by atoms with Crippen molar-refractivity contribution in [1.29, 1.82) is 5.26 Å². The number of hydrogen-bond donors (Lipinski definition) is 1. The number of anilines is 1. The van der Waals surface area contributed by atoms with Gasteiger partial charge < -0.3 is 9.88 Å². The highest BCUT2D eigenvalue weighted by Gasteiger charge is 2.26. The van der Waals surface area contributed by atoms with Crippen molar-refractivity contribution in [2.45, 2.75) is 25.8 Å². The van der Waals surface area contributed by atoms with Gasteiger partial charge in [-0.15, -0.1) is 0 Å². The van der Waals surface area contributed by atoms with Crippen molar-refractivity contribution >= 4 is 22.5 Å². The van der Waals surface area contributed by atoms with E-state index >= 15 is 0 Å². The molecule has 3 aromatic heterocycles. The van der Waals surface area contributed by atoms with E-state index in [1.54, 1.807) is 12.4 Å². The van der Waals surface area contributed by atoms with E-state index in [-0.39, 0.29) is 0 Å². The van der Waals surface area contributed by atoms with Crippen LogP contribution in [0.25, 0.3) is 28.1 Å². The fourth-order valence-electron chi connectivity index (χ4n) is 3.79. The Hall–Kier alpha value is -3.98. The highest BCUT2D eigenvalue weighted by atomic mass is 15.2. The summed E-state index contributed by atoms with van der Waals surface area (Å²) in [7, 11) is 0. The monoisotopic (exact) mass is 392 g/mol. The summed E-state index contributed by atoms with van der Waals surface area (Å²) < 4.78 is 0. The first-order valence-electron chi connectivity index (χ1n) is 9.75. The normalized spacial score (nSPS) is 13.5. The fraction of sp³-hybridized carbons (Fsp3) is 0.167. The minimum atomic E-state index is -0.675. The third kappa shape index (κ3) is 2.75. The molecule has 146 valence electrons. The zero-order chi connectivity index (χ0) is 20.9. The third-order valence-corrected chi connectivity index (χ3v) is 5.61. The van der Waals surface area contributed by atoms with Crippen molar-refractivity contribution in [3.05, 3.63) is 78.4 Å². The molecule has 0 aliphatic carbocycles. The summed E-state index contributed by atoms with van der Waals surface area (Å²) in [5.74, 6) is 0. The van der Waals surface area contributed by atoms with Gasteiger partial charge >= 0.3 is 0 Å². The highest BCUT2D eigenvalue weighted by molar-refractivity contribution is 5.95. The Kier molecular flexibility index (Phi) is 3.93. The molecule has 1 aliphatic rings. The molecule has 0 saturated carbocycles. The SMILES string of the molecule is C=C1c2ccccc2CN1c1c[nH]c2ncc(-c3ccnc(C(C)(C)C#N)c3)nc12. The van der Waals surface area contributed by atoms with Crippen LogP contribution in [-0.4, -0.2) is 19.9 Å². The second kappa shape index (κ2) is 6.53. The molecule has 0 amide bonds. The Morgan fingerprint density at radius 3 is 2.83 bits per heavy atom. The van der Waals surface area contributed by atoms with Crippen LogP contribution >= 0.6 is 0 Å². The average molecular weight is 392 g/mol. The first-order valence-corrected chi connectivity index (χ1v) is 9.75. The Labute approximate surface area is 174 Å². The number of benzene rings is 1. The molecule has 0 radical (unpaired) electrons. The lowest BCUT2D eigenvalue weighted by atomic mass is 9.90. The van der Waals surface area contributed by atoms with Gasteiger partial charge in [-0.1, -0.05) is 30.8 Å². The Bertz CT molecular complexity index is 1340. The van der Waals surface area contributed by atoms with Crippen LogP contribution in [-0.2, 0) is 12.0 Å². The molecule has 4 heterocycles. The molecule has 5 rings (SSSR count). The maximum atomic E-state index is 9.44. The second-order valence-corrected chi connectivity index (χ2v) is 7.98. The molecular weight excluding hydrogens is 372 g/mol. The van der Waals surface area contributed by atoms with Crippen molar-refractivity contribution in [3.8, 4) is 17.3 Å². The van der Waals surface area contributed by atoms with Gasteiger partial charge in [-0.25, -0.2) is 9.97 Å². The van der Waals surface area contributed by atoms with Crippen LogP contribution in [0.2, 0.25) is 0 Å². The van der Waals surface area contributed by atoms with E-state index in [0.717, 1.165) is 45.9 Å². The van der Waals surface area contributed by atoms with Crippen LogP contribution < -0.4 is 4.90 Å². The van der Waals surface area contributed by atoms with Gasteiger partial charge in [0.05, 0.1) is 34.8 Å². The number of nitrogens with one attached hydrogen (secondary N) is 1. The van der Waals surface area contributed by atoms with Crippen LogP contribution in [0.1, 0.15) is 30.7 Å². The van der Waals surface area contributed by atoms with Crippen molar-refractivity contribution in [3.63, 3.8) is 0 Å². The molecule has 30 heavy (non-hydrogen) atoms. The van der Waals surface area contributed by atoms with Gasteiger partial charge in [0.15, 0.2) is 5.65 Å². The van der Waals surface area contributed by atoms with Gasteiger partial charge in [0.2, 0.25) is 0 Å². The minimum Gasteiger partial charge on any atom is -0.343 e. The summed E-state index contributed by atoms with van der Waals surface area (Å²) in [6, 6.07) is 14.4. The molecular formula is C24H20N6. The number of fused-ring (bicyclic) bond motifs is 2. The number of nitrogens with zero attached hydrogens (tertiary/aromatic N) is 5. The second-order valence-electron chi connectivity index (χ2n) is 7.98. The number of hydrogen-bond acceptors (Lipinski definition) is 5. The summed E-state index contributed by atoms with van der Waals surface area (Å²) >= 11 is 0. The molecule has 1 aliphatic heterocycles. The molecule has 4 aromatic rings. The number of nitriles is 1. The van der Waals surface area contributed by atoms with Crippen LogP contribution in [0.4, 0.5) is 5.69 Å². The van der Waals surface area contributed by atoms with Gasteiger partial charge in [-0.05, 0) is 31.5 Å². The number of aromatic nitrogens is 4. The van der Waals surface area contributed by atoms with Gasteiger partial charge in [0.1, 0.15) is 5.52 Å². The maximum Gasteiger partial charge on any atom is 0.158 e. The van der Waals surface area contributed by atoms with Crippen molar-refractivity contribution in [1.82, 2.24) is 19.9 Å². The Morgan fingerprint density at radius 1 is 1.20 bits per heavy atom. The summed E-state index contributed by atoms with van der Waals surface area (Å²) in [6.07, 6.45) is 5.39. The van der Waals surface area contributed by atoms with Crippen LogP contribution in [0.5, 0.6) is 0 Å². The summed E-state index contributed by atoms with van der Waals surface area (Å²) in [4.78, 5) is 19.3. The smallest absolute Gasteiger partial charge is 0.158 e. The van der Waals surface area contributed by atoms with E-state index in [9.17, 15) is 5.26 Å². The number of aromatic amines is 1. The largest absolute Gasteiger partial charge is 0.343 e. The number of H-pyrrole nitrogens is 1. The van der Waals surface area contributed by atoms with Crippen LogP contribution in [0.3, 0.4) is 0 Å². The van der Waals surface area contributed by atoms with Crippen molar-refractivity contribution < 1.29 is 0 Å². The van der Waals surface area contributed by atoms with Crippen LogP contribution in [0.15, 0.2) is 61.6 Å². The van der Waals surface area contributed by atoms with E-state index in [0.29, 0.717) is 5.69 Å². The van der Waals surface area contributed by atoms with E-state index in [4.69, 9.17) is 4.98 Å². The minimum absolute atomic E-state index is 0.675. The lowest BCUT2D eigenvalue weighted by Gasteiger charge is -2.18. The van der Waals surface area contributed by atoms with Crippen LogP contribution in [0, 0.1) is 11.3 Å². The summed E-state index contributed by atoms with van der Waals surface area (Å²) in [5.41, 5.74) is 7.49. The van der Waals surface area contributed by atoms with Crippen molar-refractivity contribution in [2.24, 2.45) is 0 Å². The first kappa shape index (κ1) is 18.1. The van der Waals surface area contributed by atoms with Gasteiger partial charge in [0.25, 0.3) is 0 Å². The molecule has 0 spiro atoms. The van der Waals surface area contributed by atoms with E-state index < -0.39 is 5.41 Å². The molecule has 0 fully saturated rings. The third-order valence-electron chi connectivity index (χ3n) is 5.61. The highest BCUT2D eigenvalue weighted by Crippen LogP contribution is 2.38. The van der Waals surface area contributed by atoms with E-state index in [2.05, 4.69) is 44.6 Å². The lowest BCUT2D eigenvalue weighted by Crippen LogP contribution is -2.15. The maximum absolute atomic E-state index is 9.44.